The Labute approximate surface area is 142 Å². The quantitative estimate of drug-likeness (QED) is 0.825. The number of nitrogens with one attached hydrogen (secondary N) is 2. The van der Waals surface area contributed by atoms with Crippen molar-refractivity contribution in [2.75, 3.05) is 17.7 Å². The molecule has 2 N–H and O–H groups in total. The summed E-state index contributed by atoms with van der Waals surface area (Å²) in [5.41, 5.74) is 1.10. The number of benzene rings is 2. The van der Waals surface area contributed by atoms with Gasteiger partial charge in [0.15, 0.2) is 0 Å². The van der Waals surface area contributed by atoms with E-state index in [1.807, 2.05) is 25.1 Å². The molecule has 0 aliphatic heterocycles. The average Bonchev–Trinajstić information content (AvgIpc) is 2.55. The maximum Gasteiger partial charge on any atom is 0.239 e. The molecule has 2 amide bonds. The molecule has 0 unspecified atom stereocenters. The maximum atomic E-state index is 12.5. The highest BCUT2D eigenvalue weighted by Gasteiger charge is 2.36. The predicted octanol–water partition coefficient (Wildman–Crippen LogP) is 3.61. The molecule has 0 aliphatic rings. The molecule has 0 aliphatic carbocycles. The standard InChI is InChI=1S/C19H22N2O3/c1-13-6-5-7-15(12-13)21-18(23)19(2,3)17(22)20-14-8-10-16(24-4)11-9-14/h5-12H,1-4H3,(H,20,22)(H,21,23). The molecule has 126 valence electrons. The molecule has 5 heteroatoms. The number of hydrogen-bond donors (Lipinski definition) is 2. The molecule has 24 heavy (non-hydrogen) atoms. The molecular formula is C19H22N2O3. The molecular weight excluding hydrogens is 304 g/mol. The van der Waals surface area contributed by atoms with E-state index in [0.717, 1.165) is 5.56 Å². The molecule has 0 atom stereocenters. The number of ether oxygens (including phenoxy) is 1. The molecule has 0 aromatic heterocycles. The number of carbonyl (C=O) groups is 2. The Morgan fingerprint density at radius 2 is 1.50 bits per heavy atom. The van der Waals surface area contributed by atoms with Crippen LogP contribution in [0, 0.1) is 12.3 Å². The van der Waals surface area contributed by atoms with Crippen molar-refractivity contribution < 1.29 is 14.3 Å². The van der Waals surface area contributed by atoms with Crippen LogP contribution in [-0.4, -0.2) is 18.9 Å². The number of carbonyl (C=O) groups excluding carboxylic acids is 2. The van der Waals surface area contributed by atoms with Gasteiger partial charge in [0.25, 0.3) is 0 Å². The number of amides is 2. The second-order valence-corrected chi connectivity index (χ2v) is 6.13. The summed E-state index contributed by atoms with van der Waals surface area (Å²) in [6.07, 6.45) is 0. The third-order valence-electron chi connectivity index (χ3n) is 3.76. The second kappa shape index (κ2) is 7.17. The summed E-state index contributed by atoms with van der Waals surface area (Å²) in [5.74, 6) is -0.0404. The molecule has 2 aromatic rings. The fourth-order valence-electron chi connectivity index (χ4n) is 2.07. The summed E-state index contributed by atoms with van der Waals surface area (Å²) in [7, 11) is 1.58. The summed E-state index contributed by atoms with van der Waals surface area (Å²) in [5, 5.41) is 5.54. The summed E-state index contributed by atoms with van der Waals surface area (Å²) in [6, 6.07) is 14.4. The van der Waals surface area contributed by atoms with E-state index in [9.17, 15) is 9.59 Å². The Morgan fingerprint density at radius 3 is 2.04 bits per heavy atom. The van der Waals surface area contributed by atoms with Gasteiger partial charge in [0.2, 0.25) is 11.8 Å². The van der Waals surface area contributed by atoms with Crippen molar-refractivity contribution in [1.29, 1.82) is 0 Å². The molecule has 5 nitrogen and oxygen atoms in total. The van der Waals surface area contributed by atoms with Crippen LogP contribution in [0.15, 0.2) is 48.5 Å². The number of methoxy groups -OCH3 is 1. The molecule has 0 saturated heterocycles. The van der Waals surface area contributed by atoms with Gasteiger partial charge in [-0.3, -0.25) is 9.59 Å². The van der Waals surface area contributed by atoms with E-state index in [0.29, 0.717) is 17.1 Å². The van der Waals surface area contributed by atoms with Gasteiger partial charge in [0.1, 0.15) is 11.2 Å². The van der Waals surface area contributed by atoms with E-state index in [4.69, 9.17) is 4.74 Å². The SMILES string of the molecule is COc1ccc(NC(=O)C(C)(C)C(=O)Nc2cccc(C)c2)cc1. The summed E-state index contributed by atoms with van der Waals surface area (Å²) in [4.78, 5) is 25.0. The van der Waals surface area contributed by atoms with Crippen LogP contribution < -0.4 is 15.4 Å². The minimum absolute atomic E-state index is 0.362. The zero-order valence-electron chi connectivity index (χ0n) is 14.3. The number of aryl methyl sites for hydroxylation is 1. The molecule has 0 bridgehead atoms. The van der Waals surface area contributed by atoms with Gasteiger partial charge in [-0.05, 0) is 62.7 Å². The van der Waals surface area contributed by atoms with Gasteiger partial charge in [-0.25, -0.2) is 0 Å². The highest BCUT2D eigenvalue weighted by atomic mass is 16.5. The van der Waals surface area contributed by atoms with Crippen molar-refractivity contribution in [1.82, 2.24) is 0 Å². The monoisotopic (exact) mass is 326 g/mol. The van der Waals surface area contributed by atoms with E-state index in [1.165, 1.54) is 0 Å². The van der Waals surface area contributed by atoms with Gasteiger partial charge in [-0.1, -0.05) is 12.1 Å². The van der Waals surface area contributed by atoms with Gasteiger partial charge in [-0.2, -0.15) is 0 Å². The Bertz CT molecular complexity index is 737. The fraction of sp³-hybridized carbons (Fsp3) is 0.263. The first kappa shape index (κ1) is 17.5. The predicted molar refractivity (Wildman–Crippen MR) is 95.2 cm³/mol. The van der Waals surface area contributed by atoms with Crippen LogP contribution in [0.25, 0.3) is 0 Å². The van der Waals surface area contributed by atoms with E-state index >= 15 is 0 Å². The molecule has 0 radical (unpaired) electrons. The lowest BCUT2D eigenvalue weighted by molar-refractivity contribution is -0.135. The lowest BCUT2D eigenvalue weighted by atomic mass is 9.90. The first-order chi connectivity index (χ1) is 11.3. The minimum atomic E-state index is -1.22. The minimum Gasteiger partial charge on any atom is -0.497 e. The van der Waals surface area contributed by atoms with Crippen LogP contribution in [0.1, 0.15) is 19.4 Å². The van der Waals surface area contributed by atoms with E-state index in [2.05, 4.69) is 10.6 Å². The van der Waals surface area contributed by atoms with Crippen molar-refractivity contribution in [2.45, 2.75) is 20.8 Å². The van der Waals surface area contributed by atoms with Gasteiger partial charge < -0.3 is 15.4 Å². The Morgan fingerprint density at radius 1 is 0.917 bits per heavy atom. The average molecular weight is 326 g/mol. The smallest absolute Gasteiger partial charge is 0.239 e. The molecule has 0 heterocycles. The van der Waals surface area contributed by atoms with Crippen LogP contribution in [0.4, 0.5) is 11.4 Å². The normalized spacial score (nSPS) is 10.8. The van der Waals surface area contributed by atoms with Crippen LogP contribution in [-0.2, 0) is 9.59 Å². The highest BCUT2D eigenvalue weighted by Crippen LogP contribution is 2.23. The highest BCUT2D eigenvalue weighted by molar-refractivity contribution is 6.14. The second-order valence-electron chi connectivity index (χ2n) is 6.13. The third-order valence-corrected chi connectivity index (χ3v) is 3.76. The Balaban J connectivity index is 2.06. The molecule has 0 spiro atoms. The van der Waals surface area contributed by atoms with Crippen LogP contribution in [0.5, 0.6) is 5.75 Å². The zero-order chi connectivity index (χ0) is 17.7. The number of hydrogen-bond acceptors (Lipinski definition) is 3. The lowest BCUT2D eigenvalue weighted by Crippen LogP contribution is -2.41. The van der Waals surface area contributed by atoms with E-state index < -0.39 is 5.41 Å². The van der Waals surface area contributed by atoms with Crippen molar-refractivity contribution in [2.24, 2.45) is 5.41 Å². The molecule has 0 fully saturated rings. The van der Waals surface area contributed by atoms with E-state index in [-0.39, 0.29) is 11.8 Å². The topological polar surface area (TPSA) is 67.4 Å². The Kier molecular flexibility index (Phi) is 5.24. The van der Waals surface area contributed by atoms with E-state index in [1.54, 1.807) is 51.3 Å². The van der Waals surface area contributed by atoms with Gasteiger partial charge in [0.05, 0.1) is 7.11 Å². The Hall–Kier alpha value is -2.82. The van der Waals surface area contributed by atoms with Crippen molar-refractivity contribution >= 4 is 23.2 Å². The van der Waals surface area contributed by atoms with Crippen LogP contribution in [0.3, 0.4) is 0 Å². The molecule has 2 aromatic carbocycles. The van der Waals surface area contributed by atoms with Crippen molar-refractivity contribution in [3.63, 3.8) is 0 Å². The van der Waals surface area contributed by atoms with Crippen molar-refractivity contribution in [3.05, 3.63) is 54.1 Å². The lowest BCUT2D eigenvalue weighted by Gasteiger charge is -2.23. The van der Waals surface area contributed by atoms with Gasteiger partial charge >= 0.3 is 0 Å². The summed E-state index contributed by atoms with van der Waals surface area (Å²) >= 11 is 0. The van der Waals surface area contributed by atoms with Crippen molar-refractivity contribution in [3.8, 4) is 5.75 Å². The van der Waals surface area contributed by atoms with Gasteiger partial charge in [0, 0.05) is 11.4 Å². The fourth-order valence-corrected chi connectivity index (χ4v) is 2.07. The molecule has 2 rings (SSSR count). The van der Waals surface area contributed by atoms with Crippen LogP contribution in [0.2, 0.25) is 0 Å². The van der Waals surface area contributed by atoms with Gasteiger partial charge in [-0.15, -0.1) is 0 Å². The zero-order valence-corrected chi connectivity index (χ0v) is 14.3. The molecule has 0 saturated carbocycles. The maximum absolute atomic E-state index is 12.5. The first-order valence-electron chi connectivity index (χ1n) is 7.66. The first-order valence-corrected chi connectivity index (χ1v) is 7.66. The third kappa shape index (κ3) is 4.13. The largest absolute Gasteiger partial charge is 0.497 e. The number of rotatable bonds is 5. The number of anilines is 2. The summed E-state index contributed by atoms with van der Waals surface area (Å²) in [6.45, 7) is 5.13. The van der Waals surface area contributed by atoms with Crippen LogP contribution >= 0.6 is 0 Å². The summed E-state index contributed by atoms with van der Waals surface area (Å²) < 4.78 is 5.08.